The van der Waals surface area contributed by atoms with Crippen molar-refractivity contribution < 1.29 is 19.8 Å². The molecule has 2 aliphatic heterocycles. The average molecular weight is 366 g/mol. The van der Waals surface area contributed by atoms with Crippen LogP contribution >= 0.6 is 11.3 Å². The third-order valence-corrected chi connectivity index (χ3v) is 4.51. The number of nitrogens with zero attached hydrogens (tertiary/aromatic N) is 2. The molecule has 130 valence electrons. The van der Waals surface area contributed by atoms with Crippen LogP contribution in [0.15, 0.2) is 65.3 Å². The van der Waals surface area contributed by atoms with E-state index in [0.29, 0.717) is 12.2 Å². The van der Waals surface area contributed by atoms with Crippen molar-refractivity contribution in [3.8, 4) is 0 Å². The second-order valence-corrected chi connectivity index (χ2v) is 6.17. The fourth-order valence-electron chi connectivity index (χ4n) is 2.52. The SMILES string of the molecule is C1=CN2C(=c3sccc3=Cc3ccccc32)C=N1.O=C(O)/C=C\C(=O)O. The molecule has 4 rings (SSSR count). The molecule has 2 aliphatic rings. The first kappa shape index (κ1) is 17.4. The van der Waals surface area contributed by atoms with Crippen molar-refractivity contribution in [2.75, 3.05) is 4.90 Å². The topological polar surface area (TPSA) is 90.2 Å². The van der Waals surface area contributed by atoms with E-state index >= 15 is 0 Å². The number of para-hydroxylation sites is 1. The summed E-state index contributed by atoms with van der Waals surface area (Å²) in [6.07, 6.45) is 9.15. The van der Waals surface area contributed by atoms with Gasteiger partial charge in [-0.3, -0.25) is 4.99 Å². The number of hydrogen-bond donors (Lipinski definition) is 2. The lowest BCUT2D eigenvalue weighted by Crippen LogP contribution is -2.28. The minimum absolute atomic E-state index is 0.558. The summed E-state index contributed by atoms with van der Waals surface area (Å²) in [6, 6.07) is 10.6. The van der Waals surface area contributed by atoms with Crippen molar-refractivity contribution in [3.05, 3.63) is 75.6 Å². The van der Waals surface area contributed by atoms with Gasteiger partial charge in [-0.25, -0.2) is 9.59 Å². The van der Waals surface area contributed by atoms with Gasteiger partial charge in [-0.05, 0) is 34.4 Å². The molecular formula is C19H14N2O4S. The molecule has 1 aromatic carbocycles. The Morgan fingerprint density at radius 2 is 1.81 bits per heavy atom. The molecule has 2 N–H and O–H groups in total. The van der Waals surface area contributed by atoms with Gasteiger partial charge in [-0.1, -0.05) is 18.2 Å². The van der Waals surface area contributed by atoms with Crippen LogP contribution in [0.3, 0.4) is 0 Å². The van der Waals surface area contributed by atoms with Crippen molar-refractivity contribution >= 4 is 47.0 Å². The molecule has 7 heteroatoms. The number of aliphatic imine (C=N–C) groups is 1. The van der Waals surface area contributed by atoms with Crippen LogP contribution < -0.4 is 14.7 Å². The number of benzene rings is 1. The van der Waals surface area contributed by atoms with E-state index in [4.69, 9.17) is 10.2 Å². The lowest BCUT2D eigenvalue weighted by Gasteiger charge is -2.23. The lowest BCUT2D eigenvalue weighted by molar-refractivity contribution is -0.134. The zero-order valence-electron chi connectivity index (χ0n) is 13.4. The zero-order chi connectivity index (χ0) is 18.5. The van der Waals surface area contributed by atoms with Crippen LogP contribution in [0.2, 0.25) is 0 Å². The first-order chi connectivity index (χ1) is 12.6. The minimum Gasteiger partial charge on any atom is -0.478 e. The van der Waals surface area contributed by atoms with E-state index in [1.807, 2.05) is 18.6 Å². The van der Waals surface area contributed by atoms with Gasteiger partial charge in [0.25, 0.3) is 0 Å². The predicted molar refractivity (Wildman–Crippen MR) is 102 cm³/mol. The molecule has 26 heavy (non-hydrogen) atoms. The number of fused-ring (bicyclic) bond motifs is 4. The van der Waals surface area contributed by atoms with Crippen LogP contribution in [0.1, 0.15) is 5.56 Å². The highest BCUT2D eigenvalue weighted by Crippen LogP contribution is 2.27. The summed E-state index contributed by atoms with van der Waals surface area (Å²) in [7, 11) is 0. The molecular weight excluding hydrogens is 352 g/mol. The van der Waals surface area contributed by atoms with Gasteiger partial charge in [0.2, 0.25) is 0 Å². The number of carboxylic acids is 2. The molecule has 0 atom stereocenters. The maximum atomic E-state index is 9.55. The highest BCUT2D eigenvalue weighted by atomic mass is 32.1. The van der Waals surface area contributed by atoms with Crippen molar-refractivity contribution in [1.82, 2.24) is 0 Å². The number of aliphatic carboxylic acids is 2. The fraction of sp³-hybridized carbons (Fsp3) is 0. The number of thiophene rings is 1. The second-order valence-electron chi connectivity index (χ2n) is 5.25. The van der Waals surface area contributed by atoms with Crippen molar-refractivity contribution in [2.24, 2.45) is 4.99 Å². The van der Waals surface area contributed by atoms with Crippen LogP contribution in [0.25, 0.3) is 11.8 Å². The average Bonchev–Trinajstić information content (AvgIpc) is 3.04. The lowest BCUT2D eigenvalue weighted by atomic mass is 10.1. The van der Waals surface area contributed by atoms with Crippen LogP contribution in [0.5, 0.6) is 0 Å². The van der Waals surface area contributed by atoms with Crippen molar-refractivity contribution in [3.63, 3.8) is 0 Å². The van der Waals surface area contributed by atoms with E-state index in [0.717, 1.165) is 5.70 Å². The van der Waals surface area contributed by atoms with Gasteiger partial charge >= 0.3 is 11.9 Å². The van der Waals surface area contributed by atoms with Gasteiger partial charge in [-0.15, -0.1) is 11.3 Å². The van der Waals surface area contributed by atoms with Gasteiger partial charge < -0.3 is 15.1 Å². The highest BCUT2D eigenvalue weighted by molar-refractivity contribution is 7.08. The molecule has 3 heterocycles. The molecule has 6 nitrogen and oxygen atoms in total. The molecule has 0 saturated heterocycles. The molecule has 0 saturated carbocycles. The van der Waals surface area contributed by atoms with Crippen LogP contribution in [-0.4, -0.2) is 28.4 Å². The maximum Gasteiger partial charge on any atom is 0.328 e. The van der Waals surface area contributed by atoms with Crippen LogP contribution in [-0.2, 0) is 9.59 Å². The second kappa shape index (κ2) is 7.62. The summed E-state index contributed by atoms with van der Waals surface area (Å²) < 4.78 is 1.28. The number of carbonyl (C=O) groups is 2. The van der Waals surface area contributed by atoms with Crippen LogP contribution in [0, 0.1) is 0 Å². The quantitative estimate of drug-likeness (QED) is 0.791. The molecule has 1 aromatic heterocycles. The summed E-state index contributed by atoms with van der Waals surface area (Å²) in [6.45, 7) is 0. The summed E-state index contributed by atoms with van der Waals surface area (Å²) in [5, 5.41) is 19.0. The van der Waals surface area contributed by atoms with E-state index in [-0.39, 0.29) is 0 Å². The largest absolute Gasteiger partial charge is 0.478 e. The van der Waals surface area contributed by atoms with E-state index in [1.54, 1.807) is 11.3 Å². The van der Waals surface area contributed by atoms with Crippen LogP contribution in [0.4, 0.5) is 5.69 Å². The summed E-state index contributed by atoms with van der Waals surface area (Å²) in [5.74, 6) is -2.51. The molecule has 2 aromatic rings. The van der Waals surface area contributed by atoms with Gasteiger partial charge in [-0.2, -0.15) is 0 Å². The standard InChI is InChI=1S/C15H10N2S.C4H4O4/c1-2-4-13-11(3-1)9-12-5-8-18-15(12)14-10-16-6-7-17(13)14;5-3(6)1-2-4(7)8/h1-10H;1-2H,(H,5,6)(H,7,8)/b;2-1-. The summed E-state index contributed by atoms with van der Waals surface area (Å²) >= 11 is 1.76. The molecule has 0 fully saturated rings. The zero-order valence-corrected chi connectivity index (χ0v) is 14.3. The smallest absolute Gasteiger partial charge is 0.328 e. The van der Waals surface area contributed by atoms with Gasteiger partial charge in [0, 0.05) is 24.6 Å². The molecule has 0 amide bonds. The third kappa shape index (κ3) is 3.79. The Morgan fingerprint density at radius 1 is 1.08 bits per heavy atom. The number of anilines is 1. The van der Waals surface area contributed by atoms with Crippen molar-refractivity contribution in [1.29, 1.82) is 0 Å². The number of hydrogen-bond acceptors (Lipinski definition) is 5. The normalized spacial score (nSPS) is 13.7. The minimum atomic E-state index is -1.26. The third-order valence-electron chi connectivity index (χ3n) is 3.56. The fourth-order valence-corrected chi connectivity index (χ4v) is 3.41. The highest BCUT2D eigenvalue weighted by Gasteiger charge is 2.17. The summed E-state index contributed by atoms with van der Waals surface area (Å²) in [4.78, 5) is 25.6. The van der Waals surface area contributed by atoms with Gasteiger partial charge in [0.1, 0.15) is 0 Å². The monoisotopic (exact) mass is 366 g/mol. The Balaban J connectivity index is 0.000000211. The Morgan fingerprint density at radius 3 is 2.54 bits per heavy atom. The van der Waals surface area contributed by atoms with Crippen molar-refractivity contribution in [2.45, 2.75) is 0 Å². The Hall–Kier alpha value is -3.45. The number of carboxylic acid groups (broad SMARTS) is 2. The van der Waals surface area contributed by atoms with E-state index < -0.39 is 11.9 Å². The molecule has 0 unspecified atom stereocenters. The molecule has 0 spiro atoms. The molecule has 0 aliphatic carbocycles. The maximum absolute atomic E-state index is 9.55. The van der Waals surface area contributed by atoms with E-state index in [9.17, 15) is 9.59 Å². The molecule has 0 bridgehead atoms. The van der Waals surface area contributed by atoms with Gasteiger partial charge in [0.15, 0.2) is 0 Å². The van der Waals surface area contributed by atoms with E-state index in [2.05, 4.69) is 51.7 Å². The Kier molecular flexibility index (Phi) is 5.09. The number of rotatable bonds is 2. The first-order valence-electron chi connectivity index (χ1n) is 7.58. The van der Waals surface area contributed by atoms with Gasteiger partial charge in [0.05, 0.1) is 22.1 Å². The molecule has 0 radical (unpaired) electrons. The Labute approximate surface area is 152 Å². The Bertz CT molecular complexity index is 1050. The summed E-state index contributed by atoms with van der Waals surface area (Å²) in [5.41, 5.74) is 3.61. The first-order valence-corrected chi connectivity index (χ1v) is 8.46. The predicted octanol–water partition coefficient (Wildman–Crippen LogP) is 1.77. The van der Waals surface area contributed by atoms with E-state index in [1.165, 1.54) is 21.0 Å².